The van der Waals surface area contributed by atoms with Crippen LogP contribution in [0.15, 0.2) is 53.8 Å². The summed E-state index contributed by atoms with van der Waals surface area (Å²) in [5.41, 5.74) is 3.89. The molecule has 4 heteroatoms. The number of hydrogen-bond donors (Lipinski definition) is 1. The van der Waals surface area contributed by atoms with Crippen molar-refractivity contribution in [1.29, 1.82) is 0 Å². The maximum atomic E-state index is 5.61. The van der Waals surface area contributed by atoms with E-state index >= 15 is 0 Å². The monoisotopic (exact) mass is 269 g/mol. The van der Waals surface area contributed by atoms with Crippen molar-refractivity contribution in [1.82, 2.24) is 4.98 Å². The van der Waals surface area contributed by atoms with Crippen LogP contribution in [-0.4, -0.2) is 17.8 Å². The standard InChI is InChI=1S/C16H19N3O/c1-2-3-12-20-15-9-7-14(8-10-15)13-18-19-16-6-4-5-11-17-16/h4-11,13H,2-3,12H2,1H3,(H,17,19)/b18-13+. The Kier molecular flexibility index (Phi) is 5.58. The highest BCUT2D eigenvalue weighted by Crippen LogP contribution is 2.11. The first-order valence-electron chi connectivity index (χ1n) is 6.81. The lowest BCUT2D eigenvalue weighted by atomic mass is 10.2. The number of nitrogens with one attached hydrogen (secondary N) is 1. The summed E-state index contributed by atoms with van der Waals surface area (Å²) in [7, 11) is 0. The fourth-order valence-electron chi connectivity index (χ4n) is 1.59. The number of hydrogen-bond acceptors (Lipinski definition) is 4. The topological polar surface area (TPSA) is 46.5 Å². The Morgan fingerprint density at radius 3 is 2.75 bits per heavy atom. The van der Waals surface area contributed by atoms with Gasteiger partial charge in [-0.05, 0) is 48.4 Å². The number of benzene rings is 1. The van der Waals surface area contributed by atoms with Gasteiger partial charge in [0, 0.05) is 6.20 Å². The smallest absolute Gasteiger partial charge is 0.146 e. The van der Waals surface area contributed by atoms with E-state index in [4.69, 9.17) is 4.74 Å². The molecule has 0 saturated heterocycles. The lowest BCUT2D eigenvalue weighted by Gasteiger charge is -2.04. The summed E-state index contributed by atoms with van der Waals surface area (Å²) >= 11 is 0. The van der Waals surface area contributed by atoms with Crippen molar-refractivity contribution < 1.29 is 4.74 Å². The van der Waals surface area contributed by atoms with Gasteiger partial charge in [0.25, 0.3) is 0 Å². The highest BCUT2D eigenvalue weighted by Gasteiger charge is 1.93. The fourth-order valence-corrected chi connectivity index (χ4v) is 1.59. The normalized spacial score (nSPS) is 10.7. The minimum absolute atomic E-state index is 0.725. The summed E-state index contributed by atoms with van der Waals surface area (Å²) < 4.78 is 5.61. The Balaban J connectivity index is 1.84. The molecule has 1 aromatic heterocycles. The molecule has 0 aliphatic heterocycles. The molecule has 0 spiro atoms. The number of pyridine rings is 1. The van der Waals surface area contributed by atoms with Gasteiger partial charge in [-0.25, -0.2) is 4.98 Å². The molecule has 0 atom stereocenters. The number of nitrogens with zero attached hydrogens (tertiary/aromatic N) is 2. The van der Waals surface area contributed by atoms with Crippen LogP contribution in [0.1, 0.15) is 25.3 Å². The van der Waals surface area contributed by atoms with Gasteiger partial charge in [-0.1, -0.05) is 19.4 Å². The summed E-state index contributed by atoms with van der Waals surface area (Å²) in [5, 5.41) is 4.14. The van der Waals surface area contributed by atoms with Gasteiger partial charge in [-0.3, -0.25) is 5.43 Å². The first kappa shape index (κ1) is 14.1. The van der Waals surface area contributed by atoms with E-state index in [2.05, 4.69) is 22.4 Å². The number of hydrazone groups is 1. The van der Waals surface area contributed by atoms with Crippen molar-refractivity contribution >= 4 is 12.0 Å². The first-order chi connectivity index (χ1) is 9.88. The van der Waals surface area contributed by atoms with Crippen LogP contribution in [0.25, 0.3) is 0 Å². The van der Waals surface area contributed by atoms with E-state index in [0.29, 0.717) is 0 Å². The zero-order valence-electron chi connectivity index (χ0n) is 11.6. The quantitative estimate of drug-likeness (QED) is 0.473. The van der Waals surface area contributed by atoms with Gasteiger partial charge in [0.15, 0.2) is 0 Å². The molecular weight excluding hydrogens is 250 g/mol. The van der Waals surface area contributed by atoms with Crippen molar-refractivity contribution in [3.63, 3.8) is 0 Å². The van der Waals surface area contributed by atoms with E-state index in [1.807, 2.05) is 42.5 Å². The number of aromatic nitrogens is 1. The van der Waals surface area contributed by atoms with Crippen molar-refractivity contribution in [2.24, 2.45) is 5.10 Å². The highest BCUT2D eigenvalue weighted by molar-refractivity contribution is 5.80. The van der Waals surface area contributed by atoms with Crippen LogP contribution in [0.3, 0.4) is 0 Å². The van der Waals surface area contributed by atoms with Gasteiger partial charge in [0.2, 0.25) is 0 Å². The van der Waals surface area contributed by atoms with E-state index < -0.39 is 0 Å². The number of ether oxygens (including phenoxy) is 1. The van der Waals surface area contributed by atoms with Gasteiger partial charge in [-0.2, -0.15) is 5.10 Å². The van der Waals surface area contributed by atoms with Gasteiger partial charge in [0.05, 0.1) is 12.8 Å². The third-order valence-corrected chi connectivity index (χ3v) is 2.70. The van der Waals surface area contributed by atoms with E-state index in [-0.39, 0.29) is 0 Å². The molecule has 2 rings (SSSR count). The molecule has 0 unspecified atom stereocenters. The molecule has 0 saturated carbocycles. The van der Waals surface area contributed by atoms with Crippen LogP contribution in [-0.2, 0) is 0 Å². The molecule has 2 aromatic rings. The zero-order chi connectivity index (χ0) is 14.0. The third kappa shape index (κ3) is 4.72. The van der Waals surface area contributed by atoms with Crippen LogP contribution in [0.2, 0.25) is 0 Å². The maximum absolute atomic E-state index is 5.61. The molecule has 0 aliphatic rings. The second-order valence-corrected chi connectivity index (χ2v) is 4.36. The van der Waals surface area contributed by atoms with Gasteiger partial charge >= 0.3 is 0 Å². The van der Waals surface area contributed by atoms with Crippen molar-refractivity contribution in [2.75, 3.05) is 12.0 Å². The Morgan fingerprint density at radius 1 is 1.20 bits per heavy atom. The Labute approximate surface area is 119 Å². The average molecular weight is 269 g/mol. The van der Waals surface area contributed by atoms with E-state index in [9.17, 15) is 0 Å². The lowest BCUT2D eigenvalue weighted by molar-refractivity contribution is 0.309. The molecule has 1 heterocycles. The molecule has 0 radical (unpaired) electrons. The van der Waals surface area contributed by atoms with Crippen LogP contribution in [0.4, 0.5) is 5.82 Å². The first-order valence-corrected chi connectivity index (χ1v) is 6.81. The van der Waals surface area contributed by atoms with Gasteiger partial charge in [-0.15, -0.1) is 0 Å². The molecule has 104 valence electrons. The van der Waals surface area contributed by atoms with Crippen LogP contribution in [0.5, 0.6) is 5.75 Å². The number of unbranched alkanes of at least 4 members (excludes halogenated alkanes) is 1. The predicted octanol–water partition coefficient (Wildman–Crippen LogP) is 3.71. The number of rotatable bonds is 7. The second kappa shape index (κ2) is 7.94. The van der Waals surface area contributed by atoms with E-state index in [1.54, 1.807) is 12.4 Å². The van der Waals surface area contributed by atoms with Crippen molar-refractivity contribution in [3.8, 4) is 5.75 Å². The number of anilines is 1. The van der Waals surface area contributed by atoms with Crippen molar-refractivity contribution in [2.45, 2.75) is 19.8 Å². The minimum Gasteiger partial charge on any atom is -0.494 e. The minimum atomic E-state index is 0.725. The SMILES string of the molecule is CCCCOc1ccc(/C=N/Nc2ccccn2)cc1. The van der Waals surface area contributed by atoms with Crippen LogP contribution >= 0.6 is 0 Å². The molecule has 0 fully saturated rings. The Morgan fingerprint density at radius 2 is 2.05 bits per heavy atom. The molecule has 0 amide bonds. The predicted molar refractivity (Wildman–Crippen MR) is 82.3 cm³/mol. The second-order valence-electron chi connectivity index (χ2n) is 4.36. The maximum Gasteiger partial charge on any atom is 0.146 e. The summed E-state index contributed by atoms with van der Waals surface area (Å²) in [6, 6.07) is 13.5. The van der Waals surface area contributed by atoms with Gasteiger partial charge in [0.1, 0.15) is 11.6 Å². The fraction of sp³-hybridized carbons (Fsp3) is 0.250. The molecule has 0 aliphatic carbocycles. The Bertz CT molecular complexity index is 523. The van der Waals surface area contributed by atoms with Crippen LogP contribution < -0.4 is 10.2 Å². The molecule has 20 heavy (non-hydrogen) atoms. The summed E-state index contributed by atoms with van der Waals surface area (Å²) in [4.78, 5) is 4.12. The zero-order valence-corrected chi connectivity index (χ0v) is 11.6. The molecule has 1 N–H and O–H groups in total. The molecule has 0 bridgehead atoms. The largest absolute Gasteiger partial charge is 0.494 e. The lowest BCUT2D eigenvalue weighted by Crippen LogP contribution is -1.96. The van der Waals surface area contributed by atoms with E-state index in [0.717, 1.165) is 36.6 Å². The highest BCUT2D eigenvalue weighted by atomic mass is 16.5. The average Bonchev–Trinajstić information content (AvgIpc) is 2.50. The Hall–Kier alpha value is -2.36. The molecule has 1 aromatic carbocycles. The summed E-state index contributed by atoms with van der Waals surface area (Å²) in [6.45, 7) is 2.92. The van der Waals surface area contributed by atoms with E-state index in [1.165, 1.54) is 0 Å². The molecular formula is C16H19N3O. The summed E-state index contributed by atoms with van der Waals surface area (Å²) in [5.74, 6) is 1.62. The van der Waals surface area contributed by atoms with Crippen LogP contribution in [0, 0.1) is 0 Å². The third-order valence-electron chi connectivity index (χ3n) is 2.70. The van der Waals surface area contributed by atoms with Gasteiger partial charge < -0.3 is 4.74 Å². The molecule has 4 nitrogen and oxygen atoms in total. The summed E-state index contributed by atoms with van der Waals surface area (Å²) in [6.07, 6.45) is 5.70. The van der Waals surface area contributed by atoms with Crippen molar-refractivity contribution in [3.05, 3.63) is 54.2 Å².